The van der Waals surface area contributed by atoms with Gasteiger partial charge in [-0.2, -0.15) is 0 Å². The largest absolute Gasteiger partial charge is 0.497 e. The van der Waals surface area contributed by atoms with Gasteiger partial charge in [-0.05, 0) is 30.3 Å². The van der Waals surface area contributed by atoms with Gasteiger partial charge in [-0.1, -0.05) is 12.1 Å². The second kappa shape index (κ2) is 6.22. The fourth-order valence-corrected chi connectivity index (χ4v) is 3.35. The van der Waals surface area contributed by atoms with Gasteiger partial charge in [0.15, 0.2) is 5.75 Å². The smallest absolute Gasteiger partial charge is 0.343 e. The van der Waals surface area contributed by atoms with E-state index in [1.165, 1.54) is 7.11 Å². The summed E-state index contributed by atoms with van der Waals surface area (Å²) in [5.41, 5.74) is 0.838. The van der Waals surface area contributed by atoms with E-state index in [9.17, 15) is 9.59 Å². The summed E-state index contributed by atoms with van der Waals surface area (Å²) in [6.45, 7) is 0. The van der Waals surface area contributed by atoms with Crippen LogP contribution in [0.5, 0.6) is 17.2 Å². The van der Waals surface area contributed by atoms with Crippen LogP contribution in [0.15, 0.2) is 51.7 Å². The Morgan fingerprint density at radius 2 is 1.85 bits per heavy atom. The van der Waals surface area contributed by atoms with Crippen LogP contribution in [-0.2, 0) is 4.79 Å². The van der Waals surface area contributed by atoms with Crippen molar-refractivity contribution in [2.75, 3.05) is 14.2 Å². The number of hydrogen-bond acceptors (Lipinski definition) is 6. The van der Waals surface area contributed by atoms with Crippen molar-refractivity contribution in [2.24, 2.45) is 0 Å². The third-order valence-corrected chi connectivity index (χ3v) is 4.55. The summed E-state index contributed by atoms with van der Waals surface area (Å²) >= 11 is 0. The topological polar surface area (TPSA) is 75.0 Å². The second-order valence-electron chi connectivity index (χ2n) is 5.97. The highest BCUT2D eigenvalue weighted by Gasteiger charge is 2.35. The van der Waals surface area contributed by atoms with E-state index in [2.05, 4.69) is 0 Å². The molecule has 0 saturated carbocycles. The van der Waals surface area contributed by atoms with Gasteiger partial charge in [-0.15, -0.1) is 0 Å². The highest BCUT2D eigenvalue weighted by molar-refractivity contribution is 5.90. The average molecular weight is 352 g/mol. The van der Waals surface area contributed by atoms with Crippen LogP contribution in [0.4, 0.5) is 0 Å². The Morgan fingerprint density at radius 3 is 2.62 bits per heavy atom. The molecule has 0 spiro atoms. The van der Waals surface area contributed by atoms with Gasteiger partial charge in [-0.3, -0.25) is 4.79 Å². The third kappa shape index (κ3) is 2.50. The van der Waals surface area contributed by atoms with Gasteiger partial charge in [0.25, 0.3) is 0 Å². The van der Waals surface area contributed by atoms with Crippen LogP contribution in [0.1, 0.15) is 23.5 Å². The molecule has 0 N–H and O–H groups in total. The van der Waals surface area contributed by atoms with E-state index in [4.69, 9.17) is 18.6 Å². The molecule has 2 aromatic carbocycles. The predicted molar refractivity (Wildman–Crippen MR) is 94.1 cm³/mol. The van der Waals surface area contributed by atoms with E-state index < -0.39 is 17.5 Å². The molecule has 0 bridgehead atoms. The van der Waals surface area contributed by atoms with Crippen molar-refractivity contribution < 1.29 is 23.4 Å². The lowest BCUT2D eigenvalue weighted by molar-refractivity contribution is -0.135. The van der Waals surface area contributed by atoms with E-state index in [0.717, 1.165) is 0 Å². The minimum atomic E-state index is -0.544. The molecule has 3 aromatic rings. The molecule has 2 heterocycles. The standard InChI is InChI=1S/C20H16O6/c1-23-11-7-8-15(24-2)13(9-11)14-10-17(21)26-19-12-5-3-4-6-16(12)25-20(22)18(14)19/h3-9,14H,10H2,1-2H3. The number of fused-ring (bicyclic) bond motifs is 3. The van der Waals surface area contributed by atoms with Gasteiger partial charge in [-0.25, -0.2) is 4.79 Å². The molecule has 132 valence electrons. The highest BCUT2D eigenvalue weighted by Crippen LogP contribution is 2.44. The van der Waals surface area contributed by atoms with Crippen molar-refractivity contribution in [3.63, 3.8) is 0 Å². The predicted octanol–water partition coefficient (Wildman–Crippen LogP) is 3.25. The maximum Gasteiger partial charge on any atom is 0.343 e. The molecule has 0 fully saturated rings. The average Bonchev–Trinajstić information content (AvgIpc) is 2.66. The monoisotopic (exact) mass is 352 g/mol. The number of carbonyl (C=O) groups excluding carboxylic acids is 1. The lowest BCUT2D eigenvalue weighted by atomic mass is 9.86. The second-order valence-corrected chi connectivity index (χ2v) is 5.97. The molecule has 1 aliphatic heterocycles. The molecule has 26 heavy (non-hydrogen) atoms. The van der Waals surface area contributed by atoms with Gasteiger partial charge in [0.1, 0.15) is 17.1 Å². The highest BCUT2D eigenvalue weighted by atomic mass is 16.5. The Balaban J connectivity index is 2.01. The Bertz CT molecular complexity index is 1070. The zero-order valence-electron chi connectivity index (χ0n) is 14.3. The Hall–Kier alpha value is -3.28. The fraction of sp³-hybridized carbons (Fsp3) is 0.200. The van der Waals surface area contributed by atoms with E-state index in [-0.39, 0.29) is 12.2 Å². The first-order valence-electron chi connectivity index (χ1n) is 8.10. The van der Waals surface area contributed by atoms with Crippen molar-refractivity contribution in [3.05, 3.63) is 64.0 Å². The van der Waals surface area contributed by atoms with Gasteiger partial charge >= 0.3 is 11.6 Å². The molecule has 0 saturated heterocycles. The van der Waals surface area contributed by atoms with Crippen molar-refractivity contribution >= 4 is 16.9 Å². The van der Waals surface area contributed by atoms with E-state index in [1.807, 2.05) is 0 Å². The number of esters is 1. The summed E-state index contributed by atoms with van der Waals surface area (Å²) in [6, 6.07) is 12.2. The molecule has 1 aliphatic rings. The van der Waals surface area contributed by atoms with Gasteiger partial charge in [0, 0.05) is 11.5 Å². The molecule has 6 nitrogen and oxygen atoms in total. The molecule has 0 amide bonds. The molecular formula is C20H16O6. The number of ether oxygens (including phenoxy) is 3. The summed E-state index contributed by atoms with van der Waals surface area (Å²) < 4.78 is 21.6. The van der Waals surface area contributed by atoms with Crippen molar-refractivity contribution in [3.8, 4) is 17.2 Å². The molecular weight excluding hydrogens is 336 g/mol. The number of hydrogen-bond donors (Lipinski definition) is 0. The Labute approximate surface area is 148 Å². The first-order valence-corrected chi connectivity index (χ1v) is 8.10. The van der Waals surface area contributed by atoms with Crippen molar-refractivity contribution in [2.45, 2.75) is 12.3 Å². The summed E-state index contributed by atoms with van der Waals surface area (Å²) in [4.78, 5) is 25.0. The van der Waals surface area contributed by atoms with Crippen LogP contribution in [-0.4, -0.2) is 20.2 Å². The molecule has 1 aromatic heterocycles. The molecule has 4 rings (SSSR count). The van der Waals surface area contributed by atoms with Crippen LogP contribution in [0.2, 0.25) is 0 Å². The summed E-state index contributed by atoms with van der Waals surface area (Å²) in [7, 11) is 3.09. The van der Waals surface area contributed by atoms with Crippen LogP contribution >= 0.6 is 0 Å². The third-order valence-electron chi connectivity index (χ3n) is 4.55. The quantitative estimate of drug-likeness (QED) is 0.532. The van der Waals surface area contributed by atoms with Gasteiger partial charge in [0.2, 0.25) is 0 Å². The first kappa shape index (κ1) is 16.2. The fourth-order valence-electron chi connectivity index (χ4n) is 3.35. The van der Waals surface area contributed by atoms with Crippen LogP contribution in [0, 0.1) is 0 Å². The van der Waals surface area contributed by atoms with E-state index >= 15 is 0 Å². The van der Waals surface area contributed by atoms with Crippen molar-refractivity contribution in [1.29, 1.82) is 0 Å². The van der Waals surface area contributed by atoms with Crippen LogP contribution < -0.4 is 19.8 Å². The summed E-state index contributed by atoms with van der Waals surface area (Å²) in [6.07, 6.45) is 0.0135. The molecule has 6 heteroatoms. The lowest BCUT2D eigenvalue weighted by Crippen LogP contribution is -2.27. The summed E-state index contributed by atoms with van der Waals surface area (Å²) in [5, 5.41) is 0.585. The van der Waals surface area contributed by atoms with Gasteiger partial charge < -0.3 is 18.6 Å². The maximum absolute atomic E-state index is 12.7. The molecule has 0 radical (unpaired) electrons. The molecule has 0 aliphatic carbocycles. The number of benzene rings is 2. The first-order chi connectivity index (χ1) is 12.6. The van der Waals surface area contributed by atoms with Crippen LogP contribution in [0.25, 0.3) is 11.0 Å². The van der Waals surface area contributed by atoms with Crippen molar-refractivity contribution in [1.82, 2.24) is 0 Å². The SMILES string of the molecule is COc1ccc(OC)c(C2CC(=O)Oc3c2c(=O)oc2ccccc32)c1. The normalized spacial score (nSPS) is 16.1. The number of methoxy groups -OCH3 is 2. The zero-order valence-corrected chi connectivity index (χ0v) is 14.3. The molecule has 1 unspecified atom stereocenters. The van der Waals surface area contributed by atoms with E-state index in [1.54, 1.807) is 49.6 Å². The van der Waals surface area contributed by atoms with E-state index in [0.29, 0.717) is 33.6 Å². The zero-order chi connectivity index (χ0) is 18.3. The lowest BCUT2D eigenvalue weighted by Gasteiger charge is -2.25. The maximum atomic E-state index is 12.7. The Kier molecular flexibility index (Phi) is 3.88. The molecule has 1 atom stereocenters. The number of carbonyl (C=O) groups is 1. The van der Waals surface area contributed by atoms with Gasteiger partial charge in [0.05, 0.1) is 31.6 Å². The minimum Gasteiger partial charge on any atom is -0.497 e. The number of para-hydroxylation sites is 1. The Morgan fingerprint density at radius 1 is 1.04 bits per heavy atom. The van der Waals surface area contributed by atoms with Crippen LogP contribution in [0.3, 0.4) is 0 Å². The minimum absolute atomic E-state index is 0.0135. The summed E-state index contributed by atoms with van der Waals surface area (Å²) in [5.74, 6) is 0.457. The number of rotatable bonds is 3.